The van der Waals surface area contributed by atoms with Crippen LogP contribution < -0.4 is 4.74 Å². The fourth-order valence-electron chi connectivity index (χ4n) is 5.86. The zero-order chi connectivity index (χ0) is 32.3. The second-order valence-corrected chi connectivity index (χ2v) is 11.7. The van der Waals surface area contributed by atoms with Crippen molar-refractivity contribution in [1.29, 1.82) is 0 Å². The van der Waals surface area contributed by atoms with Crippen LogP contribution in [0, 0.1) is 0 Å². The average Bonchev–Trinajstić information content (AvgIpc) is 3.13. The van der Waals surface area contributed by atoms with Gasteiger partial charge >= 0.3 is 0 Å². The van der Waals surface area contributed by atoms with Crippen LogP contribution in [-0.4, -0.2) is 38.1 Å². The first-order valence-corrected chi connectivity index (χ1v) is 16.1. The molecule has 47 heavy (non-hydrogen) atoms. The normalized spacial score (nSPS) is 19.0. The van der Waals surface area contributed by atoms with E-state index in [0.29, 0.717) is 39.6 Å². The van der Waals surface area contributed by atoms with Gasteiger partial charge in [-0.15, -0.1) is 6.58 Å². The molecular formula is C41H42O6. The van der Waals surface area contributed by atoms with Crippen LogP contribution in [-0.2, 0) is 56.7 Å². The van der Waals surface area contributed by atoms with Crippen LogP contribution in [0.3, 0.4) is 0 Å². The molecule has 1 aliphatic heterocycles. The lowest BCUT2D eigenvalue weighted by atomic mass is 9.99. The molecule has 4 atom stereocenters. The van der Waals surface area contributed by atoms with Crippen molar-refractivity contribution in [3.05, 3.63) is 162 Å². The third-order valence-corrected chi connectivity index (χ3v) is 8.48. The van der Waals surface area contributed by atoms with Crippen LogP contribution in [0.4, 0.5) is 0 Å². The molecule has 1 heterocycles. The van der Waals surface area contributed by atoms with Gasteiger partial charge in [-0.3, -0.25) is 0 Å². The summed E-state index contributed by atoms with van der Waals surface area (Å²) in [7, 11) is 1.66. The second-order valence-electron chi connectivity index (χ2n) is 11.7. The van der Waals surface area contributed by atoms with Crippen LogP contribution in [0.25, 0.3) is 10.8 Å². The number of hydrogen-bond donors (Lipinski definition) is 0. The number of benzene rings is 5. The summed E-state index contributed by atoms with van der Waals surface area (Å²) in [6.45, 7) is 6.38. The quantitative estimate of drug-likeness (QED) is 0.130. The van der Waals surface area contributed by atoms with Gasteiger partial charge in [0.05, 0.1) is 46.8 Å². The highest BCUT2D eigenvalue weighted by Gasteiger charge is 2.38. The minimum absolute atomic E-state index is 0.296. The number of methoxy groups -OCH3 is 1. The summed E-state index contributed by atoms with van der Waals surface area (Å²) >= 11 is 0. The van der Waals surface area contributed by atoms with Gasteiger partial charge in [-0.1, -0.05) is 103 Å². The van der Waals surface area contributed by atoms with Gasteiger partial charge in [-0.05, 0) is 62.9 Å². The van der Waals surface area contributed by atoms with Crippen molar-refractivity contribution in [2.45, 2.75) is 57.5 Å². The molecule has 5 aromatic carbocycles. The van der Waals surface area contributed by atoms with Gasteiger partial charge in [-0.2, -0.15) is 0 Å². The lowest BCUT2D eigenvalue weighted by Crippen LogP contribution is -2.50. The summed E-state index contributed by atoms with van der Waals surface area (Å²) in [5, 5.41) is 2.32. The van der Waals surface area contributed by atoms with Crippen molar-refractivity contribution < 1.29 is 28.4 Å². The predicted octanol–water partition coefficient (Wildman–Crippen LogP) is 8.21. The molecule has 0 amide bonds. The summed E-state index contributed by atoms with van der Waals surface area (Å²) in [5.41, 5.74) is 5.28. The Morgan fingerprint density at radius 3 is 1.91 bits per heavy atom. The van der Waals surface area contributed by atoms with Crippen molar-refractivity contribution in [3.63, 3.8) is 0 Å². The van der Waals surface area contributed by atoms with Crippen molar-refractivity contribution >= 4 is 10.8 Å². The maximum absolute atomic E-state index is 6.88. The smallest absolute Gasteiger partial charge is 0.118 e. The van der Waals surface area contributed by atoms with E-state index in [9.17, 15) is 0 Å². The summed E-state index contributed by atoms with van der Waals surface area (Å²) in [5.74, 6) is 0.795. The molecule has 0 bridgehead atoms. The third-order valence-electron chi connectivity index (χ3n) is 8.48. The second kappa shape index (κ2) is 16.5. The van der Waals surface area contributed by atoms with E-state index in [4.69, 9.17) is 28.4 Å². The largest absolute Gasteiger partial charge is 0.497 e. The third kappa shape index (κ3) is 8.74. The first-order valence-electron chi connectivity index (χ1n) is 16.1. The molecule has 6 heteroatoms. The highest BCUT2D eigenvalue weighted by Crippen LogP contribution is 2.28. The first kappa shape index (κ1) is 32.6. The zero-order valence-electron chi connectivity index (χ0n) is 26.8. The van der Waals surface area contributed by atoms with Crippen LogP contribution in [0.1, 0.15) is 27.8 Å². The summed E-state index contributed by atoms with van der Waals surface area (Å²) in [6.07, 6.45) is -0.265. The van der Waals surface area contributed by atoms with Gasteiger partial charge in [-0.25, -0.2) is 0 Å². The van der Waals surface area contributed by atoms with E-state index >= 15 is 0 Å². The van der Waals surface area contributed by atoms with E-state index in [-0.39, 0.29) is 0 Å². The van der Waals surface area contributed by atoms with E-state index in [0.717, 1.165) is 44.3 Å². The molecule has 0 aliphatic carbocycles. The summed E-state index contributed by atoms with van der Waals surface area (Å²) in [6, 6.07) is 40.9. The molecule has 5 aromatic rings. The molecule has 0 N–H and O–H groups in total. The molecule has 6 nitrogen and oxygen atoms in total. The number of ether oxygens (including phenoxy) is 6. The Bertz CT molecular complexity index is 1690. The summed E-state index contributed by atoms with van der Waals surface area (Å²) in [4.78, 5) is 0. The average molecular weight is 631 g/mol. The van der Waals surface area contributed by atoms with E-state index in [1.165, 1.54) is 0 Å². The highest BCUT2D eigenvalue weighted by atomic mass is 16.6. The molecule has 0 aromatic heterocycles. The minimum atomic E-state index is -0.554. The van der Waals surface area contributed by atoms with Crippen LogP contribution in [0.2, 0.25) is 0 Å². The molecule has 0 radical (unpaired) electrons. The maximum Gasteiger partial charge on any atom is 0.118 e. The SMILES string of the molecule is C=CC(OCc1ccccc1)[C@@H]1OCc2cc3ccccc3cc2COCC(OCc2ccc(OC)cc2)[C@@H]1OCc1ccccc1. The van der Waals surface area contributed by atoms with Crippen molar-refractivity contribution in [3.8, 4) is 5.75 Å². The standard InChI is InChI=1S/C41H42O6/c1-3-38(44-24-30-12-6-4-7-13-30)40-41(46-26-31-14-8-5-9-15-31)39(45-25-32-18-20-37(42-2)21-19-32)29-43-27-35-22-33-16-10-11-17-34(33)23-36(35)28-47-40/h3-23,38-41H,1,24-29H2,2H3/t38?,39?,40-,41-/m0/s1. The molecule has 6 rings (SSSR count). The Morgan fingerprint density at radius 2 is 1.28 bits per heavy atom. The molecular weight excluding hydrogens is 588 g/mol. The molecule has 2 unspecified atom stereocenters. The number of hydrogen-bond acceptors (Lipinski definition) is 6. The first-order chi connectivity index (χ1) is 23.2. The van der Waals surface area contributed by atoms with Gasteiger partial charge in [0, 0.05) is 0 Å². The maximum atomic E-state index is 6.88. The Labute approximate surface area is 277 Å². The van der Waals surface area contributed by atoms with E-state index in [2.05, 4.69) is 55.1 Å². The Balaban J connectivity index is 1.34. The molecule has 0 saturated heterocycles. The number of fused-ring (bicyclic) bond motifs is 2. The summed E-state index contributed by atoms with van der Waals surface area (Å²) < 4.78 is 38.6. The Morgan fingerprint density at radius 1 is 0.702 bits per heavy atom. The lowest BCUT2D eigenvalue weighted by molar-refractivity contribution is -0.194. The van der Waals surface area contributed by atoms with E-state index < -0.39 is 24.4 Å². The van der Waals surface area contributed by atoms with Crippen LogP contribution >= 0.6 is 0 Å². The van der Waals surface area contributed by atoms with Gasteiger partial charge in [0.15, 0.2) is 0 Å². The lowest BCUT2D eigenvalue weighted by Gasteiger charge is -2.37. The van der Waals surface area contributed by atoms with Crippen LogP contribution in [0.5, 0.6) is 5.75 Å². The highest BCUT2D eigenvalue weighted by molar-refractivity contribution is 5.84. The minimum Gasteiger partial charge on any atom is -0.497 e. The Kier molecular flexibility index (Phi) is 11.5. The monoisotopic (exact) mass is 630 g/mol. The molecule has 0 fully saturated rings. The topological polar surface area (TPSA) is 55.4 Å². The molecule has 0 spiro atoms. The van der Waals surface area contributed by atoms with Crippen LogP contribution in [0.15, 0.2) is 134 Å². The van der Waals surface area contributed by atoms with Crippen molar-refractivity contribution in [2.24, 2.45) is 0 Å². The predicted molar refractivity (Wildman–Crippen MR) is 184 cm³/mol. The van der Waals surface area contributed by atoms with Gasteiger partial charge < -0.3 is 28.4 Å². The molecule has 0 saturated carbocycles. The van der Waals surface area contributed by atoms with E-state index in [1.54, 1.807) is 13.2 Å². The fourth-order valence-corrected chi connectivity index (χ4v) is 5.86. The molecule has 242 valence electrons. The van der Waals surface area contributed by atoms with E-state index in [1.807, 2.05) is 72.8 Å². The van der Waals surface area contributed by atoms with Crippen molar-refractivity contribution in [1.82, 2.24) is 0 Å². The number of rotatable bonds is 12. The van der Waals surface area contributed by atoms with Gasteiger partial charge in [0.2, 0.25) is 0 Å². The zero-order valence-corrected chi connectivity index (χ0v) is 26.8. The Hall–Kier alpha value is -4.30. The molecule has 1 aliphatic rings. The fraction of sp³-hybridized carbons (Fsp3) is 0.268. The van der Waals surface area contributed by atoms with Crippen molar-refractivity contribution in [2.75, 3.05) is 13.7 Å². The van der Waals surface area contributed by atoms with Gasteiger partial charge in [0.1, 0.15) is 30.2 Å². The van der Waals surface area contributed by atoms with Gasteiger partial charge in [0.25, 0.3) is 0 Å².